The number of hydrogen-bond acceptors (Lipinski definition) is 5. The highest BCUT2D eigenvalue weighted by atomic mass is 16.6. The minimum atomic E-state index is -0.960. The van der Waals surface area contributed by atoms with Crippen LogP contribution in [0.25, 0.3) is 0 Å². The number of carbonyl (C=O) groups is 2. The average Bonchev–Trinajstić information content (AvgIpc) is 2.90. The number of amides is 1. The second kappa shape index (κ2) is 7.04. The number of likely N-dealkylation sites (tertiary alicyclic amines) is 1. The molecule has 1 aromatic heterocycles. The third-order valence-electron chi connectivity index (χ3n) is 3.59. The maximum Gasteiger partial charge on any atom is 0.407 e. The highest BCUT2D eigenvalue weighted by Crippen LogP contribution is 2.25. The van der Waals surface area contributed by atoms with Crippen molar-refractivity contribution >= 4 is 12.1 Å². The fraction of sp³-hybridized carbons (Fsp3) is 0.625. The molecule has 1 aliphatic rings. The summed E-state index contributed by atoms with van der Waals surface area (Å²) in [4.78, 5) is 25.3. The van der Waals surface area contributed by atoms with E-state index in [-0.39, 0.29) is 6.04 Å². The summed E-state index contributed by atoms with van der Waals surface area (Å²) in [7, 11) is 0. The molecule has 2 atom stereocenters. The summed E-state index contributed by atoms with van der Waals surface area (Å²) >= 11 is 0. The van der Waals surface area contributed by atoms with Crippen molar-refractivity contribution in [3.05, 3.63) is 24.2 Å². The van der Waals surface area contributed by atoms with E-state index in [2.05, 4.69) is 5.32 Å². The second-order valence-corrected chi connectivity index (χ2v) is 6.74. The second-order valence-electron chi connectivity index (χ2n) is 6.74. The summed E-state index contributed by atoms with van der Waals surface area (Å²) < 4.78 is 10.5. The van der Waals surface area contributed by atoms with Gasteiger partial charge in [-0.05, 0) is 52.3 Å². The number of nitrogens with one attached hydrogen (secondary N) is 1. The number of ether oxygens (including phenoxy) is 1. The first-order valence-electron chi connectivity index (χ1n) is 7.76. The lowest BCUT2D eigenvalue weighted by Crippen LogP contribution is -2.50. The quantitative estimate of drug-likeness (QED) is 0.883. The Morgan fingerprint density at radius 3 is 2.78 bits per heavy atom. The van der Waals surface area contributed by atoms with Crippen LogP contribution in [0.5, 0.6) is 0 Å². The van der Waals surface area contributed by atoms with Crippen molar-refractivity contribution < 1.29 is 23.8 Å². The van der Waals surface area contributed by atoms with Crippen molar-refractivity contribution in [2.75, 3.05) is 13.1 Å². The van der Waals surface area contributed by atoms with E-state index < -0.39 is 23.7 Å². The summed E-state index contributed by atoms with van der Waals surface area (Å²) in [6.07, 6.45) is 2.57. The van der Waals surface area contributed by atoms with E-state index in [0.29, 0.717) is 18.8 Å². The Kier molecular flexibility index (Phi) is 5.30. The van der Waals surface area contributed by atoms with Crippen molar-refractivity contribution in [1.82, 2.24) is 10.2 Å². The molecule has 2 heterocycles. The molecule has 23 heavy (non-hydrogen) atoms. The van der Waals surface area contributed by atoms with Crippen molar-refractivity contribution in [2.24, 2.45) is 0 Å². The Bertz CT molecular complexity index is 535. The minimum Gasteiger partial charge on any atom is -0.480 e. The van der Waals surface area contributed by atoms with E-state index in [0.717, 1.165) is 12.8 Å². The summed E-state index contributed by atoms with van der Waals surface area (Å²) in [6.45, 7) is 6.49. The predicted molar refractivity (Wildman–Crippen MR) is 83.0 cm³/mol. The van der Waals surface area contributed by atoms with Crippen molar-refractivity contribution in [3.63, 3.8) is 0 Å². The van der Waals surface area contributed by atoms with Crippen molar-refractivity contribution in [2.45, 2.75) is 51.3 Å². The normalized spacial score (nSPS) is 20.7. The molecule has 7 heteroatoms. The van der Waals surface area contributed by atoms with Crippen LogP contribution in [0.1, 0.15) is 45.4 Å². The number of carboxylic acids is 1. The number of aliphatic carboxylic acids is 1. The van der Waals surface area contributed by atoms with Gasteiger partial charge in [0.05, 0.1) is 6.26 Å². The number of hydrogen-bond donors (Lipinski definition) is 2. The van der Waals surface area contributed by atoms with Crippen molar-refractivity contribution in [3.8, 4) is 0 Å². The molecule has 0 radical (unpaired) electrons. The van der Waals surface area contributed by atoms with Gasteiger partial charge in [0.25, 0.3) is 0 Å². The van der Waals surface area contributed by atoms with Gasteiger partial charge < -0.3 is 19.6 Å². The zero-order chi connectivity index (χ0) is 17.0. The van der Waals surface area contributed by atoms with Crippen LogP contribution in [0, 0.1) is 0 Å². The molecule has 2 rings (SSSR count). The first-order chi connectivity index (χ1) is 10.8. The topological polar surface area (TPSA) is 92.0 Å². The molecule has 1 fully saturated rings. The third kappa shape index (κ3) is 4.99. The lowest BCUT2D eigenvalue weighted by molar-refractivity contribution is -0.144. The molecule has 0 aliphatic carbocycles. The number of carboxylic acid groups (broad SMARTS) is 1. The van der Waals surface area contributed by atoms with E-state index in [1.54, 1.807) is 32.9 Å². The Hall–Kier alpha value is -2.02. The molecule has 1 aromatic rings. The monoisotopic (exact) mass is 324 g/mol. The molecule has 2 N–H and O–H groups in total. The number of carbonyl (C=O) groups excluding carboxylic acids is 1. The number of rotatable bonds is 4. The molecular weight excluding hydrogens is 300 g/mol. The summed E-state index contributed by atoms with van der Waals surface area (Å²) in [5, 5.41) is 12.3. The van der Waals surface area contributed by atoms with E-state index in [4.69, 9.17) is 9.15 Å². The highest BCUT2D eigenvalue weighted by molar-refractivity contribution is 5.74. The first kappa shape index (κ1) is 17.3. The van der Waals surface area contributed by atoms with Crippen LogP contribution in [-0.2, 0) is 9.53 Å². The number of nitrogens with zero attached hydrogens (tertiary/aromatic N) is 1. The summed E-state index contributed by atoms with van der Waals surface area (Å²) in [5.41, 5.74) is -0.559. The fourth-order valence-electron chi connectivity index (χ4n) is 2.74. The fourth-order valence-corrected chi connectivity index (χ4v) is 2.74. The molecule has 0 spiro atoms. The number of alkyl carbamates (subject to hydrolysis) is 1. The molecule has 1 aliphatic heterocycles. The Labute approximate surface area is 135 Å². The van der Waals surface area contributed by atoms with Crippen molar-refractivity contribution in [1.29, 1.82) is 0 Å². The van der Waals surface area contributed by atoms with Gasteiger partial charge in [-0.25, -0.2) is 4.79 Å². The maximum atomic E-state index is 11.9. The molecule has 128 valence electrons. The van der Waals surface area contributed by atoms with Gasteiger partial charge in [-0.3, -0.25) is 9.69 Å². The minimum absolute atomic E-state index is 0.143. The van der Waals surface area contributed by atoms with Crippen LogP contribution in [0.4, 0.5) is 4.79 Å². The van der Waals surface area contributed by atoms with Crippen LogP contribution in [-0.4, -0.2) is 46.8 Å². The number of furan rings is 1. The van der Waals surface area contributed by atoms with Gasteiger partial charge in [-0.15, -0.1) is 0 Å². The van der Waals surface area contributed by atoms with Gasteiger partial charge >= 0.3 is 12.1 Å². The predicted octanol–water partition coefficient (Wildman–Crippen LogP) is 2.39. The molecule has 0 aromatic carbocycles. The van der Waals surface area contributed by atoms with E-state index >= 15 is 0 Å². The first-order valence-corrected chi connectivity index (χ1v) is 7.76. The maximum absolute atomic E-state index is 11.9. The largest absolute Gasteiger partial charge is 0.480 e. The number of piperidine rings is 1. The van der Waals surface area contributed by atoms with E-state index in [9.17, 15) is 14.7 Å². The molecule has 0 bridgehead atoms. The van der Waals surface area contributed by atoms with Gasteiger partial charge in [-0.2, -0.15) is 0 Å². The lowest BCUT2D eigenvalue weighted by Gasteiger charge is -2.36. The lowest BCUT2D eigenvalue weighted by atomic mass is 10.0. The smallest absolute Gasteiger partial charge is 0.407 e. The van der Waals surface area contributed by atoms with Crippen LogP contribution >= 0.6 is 0 Å². The van der Waals surface area contributed by atoms with Gasteiger partial charge in [0.15, 0.2) is 6.04 Å². The summed E-state index contributed by atoms with van der Waals surface area (Å²) in [5.74, 6) is -0.562. The highest BCUT2D eigenvalue weighted by Gasteiger charge is 2.34. The molecule has 1 amide bonds. The van der Waals surface area contributed by atoms with Crippen LogP contribution in [0.15, 0.2) is 22.8 Å². The van der Waals surface area contributed by atoms with Gasteiger partial charge in [0.2, 0.25) is 0 Å². The Balaban J connectivity index is 1.99. The molecule has 0 saturated carbocycles. The third-order valence-corrected chi connectivity index (χ3v) is 3.59. The van der Waals surface area contributed by atoms with Gasteiger partial charge in [0, 0.05) is 12.6 Å². The zero-order valence-corrected chi connectivity index (χ0v) is 13.7. The zero-order valence-electron chi connectivity index (χ0n) is 13.7. The molecule has 1 saturated heterocycles. The molecule has 0 unspecified atom stereocenters. The summed E-state index contributed by atoms with van der Waals surface area (Å²) in [6, 6.07) is 2.35. The van der Waals surface area contributed by atoms with E-state index in [1.165, 1.54) is 6.26 Å². The van der Waals surface area contributed by atoms with Crippen LogP contribution in [0.2, 0.25) is 0 Å². The molecule has 7 nitrogen and oxygen atoms in total. The van der Waals surface area contributed by atoms with Gasteiger partial charge in [0.1, 0.15) is 11.4 Å². The Morgan fingerprint density at radius 2 is 2.22 bits per heavy atom. The standard InChI is InChI=1S/C16H24N2O5/c1-16(2,3)23-15(21)17-11-6-4-8-18(10-11)13(14(19)20)12-7-5-9-22-12/h5,7,9,11,13H,4,6,8,10H2,1-3H3,(H,17,21)(H,19,20)/t11-,13-/m1/s1. The van der Waals surface area contributed by atoms with Gasteiger partial charge in [-0.1, -0.05) is 0 Å². The SMILES string of the molecule is CC(C)(C)OC(=O)N[C@@H]1CCCN([C@@H](C(=O)O)c2ccco2)C1. The van der Waals surface area contributed by atoms with E-state index in [1.807, 2.05) is 4.90 Å². The Morgan fingerprint density at radius 1 is 1.48 bits per heavy atom. The molecular formula is C16H24N2O5. The van der Waals surface area contributed by atoms with Crippen LogP contribution < -0.4 is 5.32 Å². The average molecular weight is 324 g/mol. The van der Waals surface area contributed by atoms with Crippen LogP contribution in [0.3, 0.4) is 0 Å².